The lowest BCUT2D eigenvalue weighted by Crippen LogP contribution is -2.17. The zero-order chi connectivity index (χ0) is 25.6. The molecule has 35 heavy (non-hydrogen) atoms. The molecule has 0 aliphatic carbocycles. The number of amides is 1. The second-order valence-corrected chi connectivity index (χ2v) is 6.88. The van der Waals surface area contributed by atoms with Gasteiger partial charge in [0.25, 0.3) is 5.91 Å². The molecule has 0 atom stereocenters. The number of ether oxygens (including phenoxy) is 3. The molecule has 0 heterocycles. The third-order valence-electron chi connectivity index (χ3n) is 4.62. The highest BCUT2D eigenvalue weighted by atomic mass is 19.4. The van der Waals surface area contributed by atoms with Crippen molar-refractivity contribution in [3.63, 3.8) is 0 Å². The van der Waals surface area contributed by atoms with Gasteiger partial charge in [0, 0.05) is 11.6 Å². The first-order valence-corrected chi connectivity index (χ1v) is 9.81. The van der Waals surface area contributed by atoms with Gasteiger partial charge in [-0.25, -0.2) is 5.43 Å². The summed E-state index contributed by atoms with van der Waals surface area (Å²) in [6.07, 6.45) is -3.37. The number of nitrogens with zero attached hydrogens (tertiary/aromatic N) is 2. The number of hydrazone groups is 1. The van der Waals surface area contributed by atoms with Crippen molar-refractivity contribution >= 4 is 17.8 Å². The Bertz CT molecular complexity index is 1260. The summed E-state index contributed by atoms with van der Waals surface area (Å²) < 4.78 is 54.2. The van der Waals surface area contributed by atoms with E-state index in [1.807, 2.05) is 0 Å². The molecule has 1 amide bonds. The van der Waals surface area contributed by atoms with E-state index in [1.54, 1.807) is 12.1 Å². The second kappa shape index (κ2) is 10.5. The molecule has 3 rings (SSSR count). The van der Waals surface area contributed by atoms with Crippen molar-refractivity contribution in [2.45, 2.75) is 6.18 Å². The maximum atomic E-state index is 12.8. The highest BCUT2D eigenvalue weighted by Gasteiger charge is 2.33. The number of methoxy groups -OCH3 is 2. The van der Waals surface area contributed by atoms with Gasteiger partial charge < -0.3 is 14.2 Å². The first-order valence-electron chi connectivity index (χ1n) is 9.81. The SMILES string of the molecule is COc1ccc(C(=O)N/N=C/c2ccc(Oc3ccc(C(F)(F)F)cc3[N+](=O)[O-])cc2)cc1OC. The molecule has 3 aromatic rings. The summed E-state index contributed by atoms with van der Waals surface area (Å²) in [7, 11) is 2.92. The minimum absolute atomic E-state index is 0.152. The van der Waals surface area contributed by atoms with Gasteiger partial charge >= 0.3 is 11.9 Å². The van der Waals surface area contributed by atoms with Crippen molar-refractivity contribution in [2.75, 3.05) is 14.2 Å². The number of nitro groups is 1. The van der Waals surface area contributed by atoms with E-state index in [-0.39, 0.29) is 11.5 Å². The molecule has 0 saturated carbocycles. The Morgan fingerprint density at radius 2 is 1.63 bits per heavy atom. The molecule has 0 aromatic heterocycles. The Balaban J connectivity index is 1.67. The van der Waals surface area contributed by atoms with E-state index in [0.717, 1.165) is 6.07 Å². The van der Waals surface area contributed by atoms with Crippen molar-refractivity contribution in [3.8, 4) is 23.0 Å². The van der Waals surface area contributed by atoms with E-state index < -0.39 is 28.3 Å². The van der Waals surface area contributed by atoms with Gasteiger partial charge in [-0.3, -0.25) is 14.9 Å². The van der Waals surface area contributed by atoms with Crippen molar-refractivity contribution in [3.05, 3.63) is 87.5 Å². The van der Waals surface area contributed by atoms with Crippen LogP contribution in [-0.2, 0) is 6.18 Å². The van der Waals surface area contributed by atoms with Gasteiger partial charge in [0.15, 0.2) is 11.5 Å². The fourth-order valence-electron chi connectivity index (χ4n) is 2.88. The number of halogens is 3. The Hall–Kier alpha value is -4.61. The lowest BCUT2D eigenvalue weighted by atomic mass is 10.2. The normalized spacial score (nSPS) is 11.2. The minimum atomic E-state index is -4.72. The first kappa shape index (κ1) is 25.0. The number of carbonyl (C=O) groups is 1. The molecular formula is C23H18F3N3O6. The maximum Gasteiger partial charge on any atom is 0.416 e. The molecule has 0 unspecified atom stereocenters. The number of alkyl halides is 3. The number of nitro benzene ring substituents is 1. The lowest BCUT2D eigenvalue weighted by molar-refractivity contribution is -0.385. The van der Waals surface area contributed by atoms with Crippen LogP contribution in [0, 0.1) is 10.1 Å². The summed E-state index contributed by atoms with van der Waals surface area (Å²) in [5, 5.41) is 15.0. The van der Waals surface area contributed by atoms with E-state index in [9.17, 15) is 28.1 Å². The smallest absolute Gasteiger partial charge is 0.416 e. The van der Waals surface area contributed by atoms with Gasteiger partial charge in [-0.2, -0.15) is 18.3 Å². The number of rotatable bonds is 8. The minimum Gasteiger partial charge on any atom is -0.493 e. The van der Waals surface area contributed by atoms with Crippen molar-refractivity contribution < 1.29 is 37.1 Å². The fourth-order valence-corrected chi connectivity index (χ4v) is 2.88. The van der Waals surface area contributed by atoms with Crippen LogP contribution in [0.5, 0.6) is 23.0 Å². The van der Waals surface area contributed by atoms with Crippen LogP contribution in [-0.4, -0.2) is 31.3 Å². The van der Waals surface area contributed by atoms with Crippen LogP contribution in [0.1, 0.15) is 21.5 Å². The molecule has 9 nitrogen and oxygen atoms in total. The average Bonchev–Trinajstić information content (AvgIpc) is 2.84. The Morgan fingerprint density at radius 3 is 2.23 bits per heavy atom. The van der Waals surface area contributed by atoms with Crippen LogP contribution >= 0.6 is 0 Å². The highest BCUT2D eigenvalue weighted by Crippen LogP contribution is 2.37. The fraction of sp³-hybridized carbons (Fsp3) is 0.130. The molecule has 0 aliphatic heterocycles. The summed E-state index contributed by atoms with van der Waals surface area (Å²) in [6, 6.07) is 12.6. The zero-order valence-corrected chi connectivity index (χ0v) is 18.3. The summed E-state index contributed by atoms with van der Waals surface area (Å²) in [5.74, 6) is 0.173. The molecular weight excluding hydrogens is 471 g/mol. The Labute approximate surface area is 196 Å². The van der Waals surface area contributed by atoms with Crippen molar-refractivity contribution in [1.82, 2.24) is 5.43 Å². The summed E-state index contributed by atoms with van der Waals surface area (Å²) in [6.45, 7) is 0. The Kier molecular flexibility index (Phi) is 7.54. The van der Waals surface area contributed by atoms with Crippen LogP contribution in [0.2, 0.25) is 0 Å². The molecule has 0 radical (unpaired) electrons. The monoisotopic (exact) mass is 489 g/mol. The lowest BCUT2D eigenvalue weighted by Gasteiger charge is -2.10. The number of nitrogens with one attached hydrogen (secondary N) is 1. The second-order valence-electron chi connectivity index (χ2n) is 6.88. The van der Waals surface area contributed by atoms with Crippen molar-refractivity contribution in [1.29, 1.82) is 0 Å². The predicted octanol–water partition coefficient (Wildman–Crippen LogP) is 5.19. The standard InChI is InChI=1S/C23H18F3N3O6/c1-33-20-9-5-15(11-21(20)34-2)22(30)28-27-13-14-3-7-17(8-4-14)35-19-10-6-16(23(24,25)26)12-18(19)29(31)32/h3-13H,1-2H3,(H,28,30)/b27-13+. The molecule has 0 saturated heterocycles. The predicted molar refractivity (Wildman–Crippen MR) is 119 cm³/mol. The first-order chi connectivity index (χ1) is 16.6. The topological polar surface area (TPSA) is 112 Å². The van der Waals surface area contributed by atoms with Gasteiger partial charge in [0.1, 0.15) is 5.75 Å². The van der Waals surface area contributed by atoms with Crippen LogP contribution in [0.25, 0.3) is 0 Å². The quantitative estimate of drug-likeness (QED) is 0.265. The molecule has 0 aliphatic rings. The van der Waals surface area contributed by atoms with E-state index in [0.29, 0.717) is 34.8 Å². The molecule has 12 heteroatoms. The van der Waals surface area contributed by atoms with Crippen LogP contribution < -0.4 is 19.6 Å². The maximum absolute atomic E-state index is 12.8. The van der Waals surface area contributed by atoms with Crippen molar-refractivity contribution in [2.24, 2.45) is 5.10 Å². The largest absolute Gasteiger partial charge is 0.493 e. The average molecular weight is 489 g/mol. The van der Waals surface area contributed by atoms with Crippen LogP contribution in [0.3, 0.4) is 0 Å². The van der Waals surface area contributed by atoms with Crippen LogP contribution in [0.15, 0.2) is 65.8 Å². The van der Waals surface area contributed by atoms with E-state index in [1.165, 1.54) is 50.8 Å². The number of hydrogen-bond acceptors (Lipinski definition) is 7. The van der Waals surface area contributed by atoms with E-state index in [2.05, 4.69) is 10.5 Å². The third kappa shape index (κ3) is 6.25. The van der Waals surface area contributed by atoms with E-state index >= 15 is 0 Å². The van der Waals surface area contributed by atoms with E-state index in [4.69, 9.17) is 14.2 Å². The van der Waals surface area contributed by atoms with Gasteiger partial charge in [0.05, 0.1) is 30.9 Å². The molecule has 0 bridgehead atoms. The molecule has 0 spiro atoms. The summed E-state index contributed by atoms with van der Waals surface area (Å²) >= 11 is 0. The molecule has 182 valence electrons. The molecule has 0 fully saturated rings. The summed E-state index contributed by atoms with van der Waals surface area (Å²) in [4.78, 5) is 22.5. The number of hydrogen-bond donors (Lipinski definition) is 1. The molecule has 1 N–H and O–H groups in total. The van der Waals surface area contributed by atoms with Gasteiger partial charge in [-0.1, -0.05) is 0 Å². The highest BCUT2D eigenvalue weighted by molar-refractivity contribution is 5.95. The van der Waals surface area contributed by atoms with Gasteiger partial charge in [-0.05, 0) is 60.2 Å². The molecule has 3 aromatic carbocycles. The number of carbonyl (C=O) groups excluding carboxylic acids is 1. The zero-order valence-electron chi connectivity index (χ0n) is 18.3. The number of benzene rings is 3. The van der Waals surface area contributed by atoms with Gasteiger partial charge in [0.2, 0.25) is 5.75 Å². The third-order valence-corrected chi connectivity index (χ3v) is 4.62. The Morgan fingerprint density at radius 1 is 0.971 bits per heavy atom. The summed E-state index contributed by atoms with van der Waals surface area (Å²) in [5.41, 5.74) is 1.23. The van der Waals surface area contributed by atoms with Gasteiger partial charge in [-0.15, -0.1) is 0 Å². The van der Waals surface area contributed by atoms with Crippen LogP contribution in [0.4, 0.5) is 18.9 Å².